The van der Waals surface area contributed by atoms with Crippen molar-refractivity contribution in [3.8, 4) is 11.3 Å². The Kier molecular flexibility index (Phi) is 4.28. The van der Waals surface area contributed by atoms with E-state index in [1.54, 1.807) is 0 Å². The molecule has 2 N–H and O–H groups in total. The Morgan fingerprint density at radius 1 is 1.25 bits per heavy atom. The van der Waals surface area contributed by atoms with Crippen molar-refractivity contribution in [1.82, 2.24) is 10.2 Å². The molecule has 1 aromatic heterocycles. The zero-order valence-corrected chi connectivity index (χ0v) is 13.3. The van der Waals surface area contributed by atoms with Crippen LogP contribution in [0, 0.1) is 20.8 Å². The Morgan fingerprint density at radius 2 is 1.90 bits per heavy atom. The van der Waals surface area contributed by atoms with E-state index in [4.69, 9.17) is 5.11 Å². The molecule has 0 bridgehead atoms. The number of carboxylic acid groups (broad SMARTS) is 1. The molecule has 0 unspecified atom stereocenters. The van der Waals surface area contributed by atoms with Crippen LogP contribution in [0.2, 0.25) is 0 Å². The summed E-state index contributed by atoms with van der Waals surface area (Å²) in [6, 6.07) is 4.26. The van der Waals surface area contributed by atoms with Crippen LogP contribution in [0.5, 0.6) is 0 Å². The van der Waals surface area contributed by atoms with E-state index in [0.717, 1.165) is 27.0 Å². The summed E-state index contributed by atoms with van der Waals surface area (Å²) in [5, 5.41) is 16.0. The van der Waals surface area contributed by atoms with Gasteiger partial charge in [-0.05, 0) is 59.5 Å². The second-order valence-electron chi connectivity index (χ2n) is 5.01. The highest BCUT2D eigenvalue weighted by atomic mass is 79.9. The summed E-state index contributed by atoms with van der Waals surface area (Å²) in [6.45, 7) is 6.22. The lowest BCUT2D eigenvalue weighted by molar-refractivity contribution is -0.136. The number of nitrogens with one attached hydrogen (secondary N) is 1. The molecule has 0 saturated carbocycles. The summed E-state index contributed by atoms with van der Waals surface area (Å²) < 4.78 is 0.852. The van der Waals surface area contributed by atoms with Crippen LogP contribution >= 0.6 is 15.9 Å². The van der Waals surface area contributed by atoms with Crippen molar-refractivity contribution in [2.75, 3.05) is 0 Å². The predicted molar refractivity (Wildman–Crippen MR) is 81.9 cm³/mol. The maximum Gasteiger partial charge on any atom is 0.303 e. The molecule has 4 nitrogen and oxygen atoms in total. The summed E-state index contributed by atoms with van der Waals surface area (Å²) in [7, 11) is 0. The lowest BCUT2D eigenvalue weighted by Crippen LogP contribution is -1.98. The highest BCUT2D eigenvalue weighted by Gasteiger charge is 2.15. The first-order valence-corrected chi connectivity index (χ1v) is 7.22. The van der Waals surface area contributed by atoms with Crippen LogP contribution in [0.15, 0.2) is 16.6 Å². The van der Waals surface area contributed by atoms with E-state index in [0.29, 0.717) is 6.42 Å². The summed E-state index contributed by atoms with van der Waals surface area (Å²) in [6.07, 6.45) is 0.527. The molecule has 0 saturated heterocycles. The van der Waals surface area contributed by atoms with Crippen molar-refractivity contribution in [3.05, 3.63) is 39.0 Å². The number of hydrogen-bond acceptors (Lipinski definition) is 2. The lowest BCUT2D eigenvalue weighted by atomic mass is 9.98. The number of aromatic nitrogens is 2. The van der Waals surface area contributed by atoms with Crippen LogP contribution in [0.4, 0.5) is 0 Å². The van der Waals surface area contributed by atoms with E-state index in [1.807, 2.05) is 0 Å². The van der Waals surface area contributed by atoms with Gasteiger partial charge in [-0.2, -0.15) is 5.10 Å². The maximum atomic E-state index is 10.6. The lowest BCUT2D eigenvalue weighted by Gasteiger charge is -2.08. The van der Waals surface area contributed by atoms with Gasteiger partial charge in [-0.25, -0.2) is 0 Å². The normalized spacial score (nSPS) is 10.8. The smallest absolute Gasteiger partial charge is 0.303 e. The number of aliphatic carboxylic acids is 1. The van der Waals surface area contributed by atoms with Crippen molar-refractivity contribution in [3.63, 3.8) is 0 Å². The summed E-state index contributed by atoms with van der Waals surface area (Å²) >= 11 is 3.53. The molecule has 5 heteroatoms. The van der Waals surface area contributed by atoms with E-state index < -0.39 is 5.97 Å². The second kappa shape index (κ2) is 5.79. The molecule has 2 aromatic rings. The Morgan fingerprint density at radius 3 is 2.55 bits per heavy atom. The Balaban J connectivity index is 2.39. The quantitative estimate of drug-likeness (QED) is 0.892. The average Bonchev–Trinajstić information content (AvgIpc) is 2.73. The molecule has 2 rings (SSSR count). The van der Waals surface area contributed by atoms with Crippen LogP contribution in [0.3, 0.4) is 0 Å². The summed E-state index contributed by atoms with van der Waals surface area (Å²) in [5.74, 6) is -0.810. The van der Waals surface area contributed by atoms with E-state index in [-0.39, 0.29) is 6.42 Å². The van der Waals surface area contributed by atoms with Gasteiger partial charge < -0.3 is 5.11 Å². The molecule has 0 radical (unpaired) electrons. The fourth-order valence-corrected chi connectivity index (χ4v) is 2.75. The number of halogens is 1. The molecule has 106 valence electrons. The molecule has 0 aliphatic carbocycles. The molecule has 0 atom stereocenters. The van der Waals surface area contributed by atoms with E-state index in [2.05, 4.69) is 59.0 Å². The third-order valence-corrected chi connectivity index (χ3v) is 4.31. The summed E-state index contributed by atoms with van der Waals surface area (Å²) in [4.78, 5) is 10.6. The van der Waals surface area contributed by atoms with Crippen LogP contribution < -0.4 is 0 Å². The molecule has 1 aromatic carbocycles. The van der Waals surface area contributed by atoms with Gasteiger partial charge in [0.2, 0.25) is 0 Å². The van der Waals surface area contributed by atoms with E-state index in [9.17, 15) is 4.79 Å². The molecule has 20 heavy (non-hydrogen) atoms. The van der Waals surface area contributed by atoms with Gasteiger partial charge in [0.15, 0.2) is 0 Å². The average molecular weight is 337 g/mol. The molecule has 0 spiro atoms. The number of aryl methyl sites for hydroxylation is 4. The van der Waals surface area contributed by atoms with Gasteiger partial charge in [0.1, 0.15) is 5.69 Å². The highest BCUT2D eigenvalue weighted by molar-refractivity contribution is 9.10. The van der Waals surface area contributed by atoms with Crippen molar-refractivity contribution in [2.24, 2.45) is 0 Å². The van der Waals surface area contributed by atoms with Crippen molar-refractivity contribution in [1.29, 1.82) is 0 Å². The van der Waals surface area contributed by atoms with E-state index in [1.165, 1.54) is 11.1 Å². The first-order chi connectivity index (χ1) is 9.40. The number of carboxylic acids is 1. The van der Waals surface area contributed by atoms with Gasteiger partial charge in [-0.3, -0.25) is 9.89 Å². The number of nitrogens with zero attached hydrogens (tertiary/aromatic N) is 1. The zero-order valence-electron chi connectivity index (χ0n) is 11.7. The van der Waals surface area contributed by atoms with Gasteiger partial charge in [0, 0.05) is 12.0 Å². The molecule has 0 fully saturated rings. The van der Waals surface area contributed by atoms with Crippen molar-refractivity contribution in [2.45, 2.75) is 33.6 Å². The van der Waals surface area contributed by atoms with E-state index >= 15 is 0 Å². The number of carbonyl (C=O) groups is 1. The second-order valence-corrected chi connectivity index (χ2v) is 5.80. The third-order valence-electron chi connectivity index (χ3n) is 3.46. The number of aromatic amines is 1. The number of hydrogen-bond donors (Lipinski definition) is 2. The molecular weight excluding hydrogens is 320 g/mol. The first kappa shape index (κ1) is 14.8. The Labute approximate surface area is 126 Å². The van der Waals surface area contributed by atoms with Gasteiger partial charge in [-0.1, -0.05) is 6.07 Å². The van der Waals surface area contributed by atoms with Gasteiger partial charge in [0.25, 0.3) is 0 Å². The first-order valence-electron chi connectivity index (χ1n) is 6.43. The van der Waals surface area contributed by atoms with Crippen LogP contribution in [0.25, 0.3) is 11.3 Å². The minimum Gasteiger partial charge on any atom is -0.481 e. The fourth-order valence-electron chi connectivity index (χ4n) is 2.16. The van der Waals surface area contributed by atoms with Crippen LogP contribution in [-0.4, -0.2) is 21.3 Å². The fraction of sp³-hybridized carbons (Fsp3) is 0.333. The molecule has 1 heterocycles. The van der Waals surface area contributed by atoms with Crippen LogP contribution in [0.1, 0.15) is 28.8 Å². The van der Waals surface area contributed by atoms with Crippen LogP contribution in [-0.2, 0) is 11.2 Å². The largest absolute Gasteiger partial charge is 0.481 e. The van der Waals surface area contributed by atoms with Gasteiger partial charge in [0.05, 0.1) is 16.6 Å². The monoisotopic (exact) mass is 336 g/mol. The molecular formula is C15H17BrN2O2. The third kappa shape index (κ3) is 2.93. The maximum absolute atomic E-state index is 10.6. The standard InChI is InChI=1S/C15H17BrN2O2/c1-8-6-10(3)11(7-9(8)2)15-14(16)12(17-18-15)4-5-13(19)20/h6-7H,4-5H2,1-3H3,(H,17,18)(H,19,20). The molecule has 0 aliphatic heterocycles. The number of rotatable bonds is 4. The van der Waals surface area contributed by atoms with Gasteiger partial charge >= 0.3 is 5.97 Å². The predicted octanol–water partition coefficient (Wildman–Crippen LogP) is 3.78. The number of benzene rings is 1. The Bertz CT molecular complexity index is 662. The van der Waals surface area contributed by atoms with Crippen molar-refractivity contribution < 1.29 is 9.90 Å². The Hall–Kier alpha value is -1.62. The summed E-state index contributed by atoms with van der Waals surface area (Å²) in [5.41, 5.74) is 6.35. The topological polar surface area (TPSA) is 66.0 Å². The molecule has 0 amide bonds. The molecule has 0 aliphatic rings. The van der Waals surface area contributed by atoms with Crippen molar-refractivity contribution >= 4 is 21.9 Å². The number of H-pyrrole nitrogens is 1. The van der Waals surface area contributed by atoms with Gasteiger partial charge in [-0.15, -0.1) is 0 Å². The highest BCUT2D eigenvalue weighted by Crippen LogP contribution is 2.32. The minimum absolute atomic E-state index is 0.0894. The SMILES string of the molecule is Cc1cc(C)c(-c2n[nH]c(CCC(=O)O)c2Br)cc1C. The minimum atomic E-state index is -0.810. The zero-order chi connectivity index (χ0) is 14.9.